The van der Waals surface area contributed by atoms with Crippen LogP contribution >= 0.6 is 0 Å². The van der Waals surface area contributed by atoms with Crippen molar-refractivity contribution in [3.63, 3.8) is 0 Å². The number of rotatable bonds is 4. The molecular weight excluding hydrogens is 310 g/mol. The summed E-state index contributed by atoms with van der Waals surface area (Å²) in [4.78, 5) is 4.32. The van der Waals surface area contributed by atoms with Gasteiger partial charge in [-0.05, 0) is 45.4 Å². The molecule has 0 atom stereocenters. The zero-order valence-electron chi connectivity index (χ0n) is 10.4. The zero-order chi connectivity index (χ0) is 10.6. The first-order valence-corrected chi connectivity index (χ1v) is 4.87. The van der Waals surface area contributed by atoms with E-state index in [-0.39, 0.29) is 31.3 Å². The smallest absolute Gasteiger partial charge is 0.0233 e. The van der Waals surface area contributed by atoms with Gasteiger partial charge in [0.25, 0.3) is 0 Å². The Morgan fingerprint density at radius 2 is 1.38 bits per heavy atom. The monoisotopic (exact) mass is 331 g/mol. The molecule has 1 aromatic rings. The van der Waals surface area contributed by atoms with E-state index in [1.807, 2.05) is 0 Å². The molecule has 0 saturated heterocycles. The molecule has 0 aliphatic carbocycles. The first-order chi connectivity index (χ1) is 6.58. The molecule has 1 rings (SSSR count). The van der Waals surface area contributed by atoms with Crippen molar-refractivity contribution in [2.24, 2.45) is 0 Å². The van der Waals surface area contributed by atoms with E-state index >= 15 is 0 Å². The van der Waals surface area contributed by atoms with Crippen LogP contribution in [0.2, 0.25) is 0 Å². The Bertz CT molecular complexity index is 270. The van der Waals surface area contributed by atoms with E-state index in [2.05, 4.69) is 62.3 Å². The molecule has 4 radical (unpaired) electrons. The first kappa shape index (κ1) is 18.3. The predicted molar refractivity (Wildman–Crippen MR) is 69.9 cm³/mol. The van der Waals surface area contributed by atoms with Gasteiger partial charge in [0.05, 0.1) is 0 Å². The molecule has 3 nitrogen and oxygen atoms in total. The molecule has 16 heavy (non-hydrogen) atoms. The van der Waals surface area contributed by atoms with Crippen molar-refractivity contribution >= 4 is 24.4 Å². The molecule has 92 valence electrons. The molecule has 0 unspecified atom stereocenters. The second kappa shape index (κ2) is 9.00. The molecule has 0 amide bonds. The molecule has 0 aromatic heterocycles. The van der Waals surface area contributed by atoms with Crippen LogP contribution in [0.4, 0.5) is 0 Å². The summed E-state index contributed by atoms with van der Waals surface area (Å²) in [5.41, 5.74) is 2.52. The Balaban J connectivity index is -0.000000653. The third kappa shape index (κ3) is 7.23. The van der Waals surface area contributed by atoms with E-state index in [0.29, 0.717) is 0 Å². The maximum atomic E-state index is 3.42. The number of benzene rings is 1. The van der Waals surface area contributed by atoms with Crippen molar-refractivity contribution in [2.75, 3.05) is 28.2 Å². The van der Waals surface area contributed by atoms with Crippen LogP contribution in [0.15, 0.2) is 18.2 Å². The Morgan fingerprint density at radius 1 is 1.00 bits per heavy atom. The van der Waals surface area contributed by atoms with Gasteiger partial charge in [-0.25, -0.2) is 0 Å². The van der Waals surface area contributed by atoms with Crippen LogP contribution in [-0.2, 0) is 13.1 Å². The maximum absolute atomic E-state index is 3.42. The van der Waals surface area contributed by atoms with Crippen LogP contribution in [0.5, 0.6) is 0 Å². The van der Waals surface area contributed by atoms with E-state index in [9.17, 15) is 0 Å². The standard InChI is InChI=1S/C12H19N2.H2O.Sb.H2/c1-13(2)9-11-6-5-7-12(8-11)10-14(3)4;;;/h5-7H,9-10H2,1-4H3;1H2;;1H/p-1. The summed E-state index contributed by atoms with van der Waals surface area (Å²) in [5, 5.41) is 0. The Hall–Kier alpha value is -0.0818. The number of hydrogen-bond donors (Lipinski definition) is 0. The van der Waals surface area contributed by atoms with Gasteiger partial charge in [0.2, 0.25) is 0 Å². The fourth-order valence-corrected chi connectivity index (χ4v) is 1.44. The maximum Gasteiger partial charge on any atom is 0.0233 e. The summed E-state index contributed by atoms with van der Waals surface area (Å²) in [7, 11) is 8.30. The van der Waals surface area contributed by atoms with E-state index < -0.39 is 0 Å². The van der Waals surface area contributed by atoms with E-state index in [0.717, 1.165) is 13.1 Å². The summed E-state index contributed by atoms with van der Waals surface area (Å²) >= 11 is 0. The molecule has 0 aliphatic heterocycles. The first-order valence-electron chi connectivity index (χ1n) is 4.87. The van der Waals surface area contributed by atoms with E-state index in [1.165, 1.54) is 11.1 Å². The van der Waals surface area contributed by atoms with Crippen molar-refractivity contribution in [2.45, 2.75) is 13.1 Å². The molecule has 1 N–H and O–H groups in total. The van der Waals surface area contributed by atoms with Crippen molar-refractivity contribution in [1.29, 1.82) is 0 Å². The molecule has 0 aliphatic rings. The Labute approximate surface area is 118 Å². The summed E-state index contributed by atoms with van der Waals surface area (Å²) in [5.74, 6) is 0. The molecule has 0 fully saturated rings. The van der Waals surface area contributed by atoms with Gasteiger partial charge in [0, 0.05) is 38.9 Å². The van der Waals surface area contributed by atoms with Crippen LogP contribution in [0, 0.1) is 6.07 Å². The minimum Gasteiger partial charge on any atom is -0.870 e. The minimum atomic E-state index is 0. The molecule has 1 aromatic carbocycles. The Morgan fingerprint density at radius 3 is 1.69 bits per heavy atom. The molecule has 0 heterocycles. The Kier molecular flexibility index (Phi) is 10.3. The van der Waals surface area contributed by atoms with Crippen molar-refractivity contribution in [3.8, 4) is 0 Å². The third-order valence-corrected chi connectivity index (χ3v) is 1.89. The SMILES string of the molecule is CN(C)Cc1[c]c(CN(C)C)ccc1.[HH].[OH-].[Sb]. The summed E-state index contributed by atoms with van der Waals surface area (Å²) < 4.78 is 0. The quantitative estimate of drug-likeness (QED) is 0.780. The summed E-state index contributed by atoms with van der Waals surface area (Å²) in [6.45, 7) is 1.92. The average Bonchev–Trinajstić information content (AvgIpc) is 2.01. The number of nitrogens with zero attached hydrogens (tertiary/aromatic N) is 2. The second-order valence-electron chi connectivity index (χ2n) is 4.18. The van der Waals surface area contributed by atoms with Crippen LogP contribution in [0.1, 0.15) is 12.6 Å². The zero-order valence-corrected chi connectivity index (χ0v) is 13.0. The van der Waals surface area contributed by atoms with Crippen molar-refractivity contribution < 1.29 is 6.90 Å². The minimum absolute atomic E-state index is 0. The van der Waals surface area contributed by atoms with Crippen LogP contribution in [-0.4, -0.2) is 67.9 Å². The van der Waals surface area contributed by atoms with Gasteiger partial charge in [-0.1, -0.05) is 18.2 Å². The van der Waals surface area contributed by atoms with Gasteiger partial charge in [-0.15, -0.1) is 0 Å². The normalized spacial score (nSPS) is 9.88. The van der Waals surface area contributed by atoms with Crippen molar-refractivity contribution in [1.82, 2.24) is 9.80 Å². The number of hydrogen-bond acceptors (Lipinski definition) is 3. The van der Waals surface area contributed by atoms with E-state index in [4.69, 9.17) is 0 Å². The van der Waals surface area contributed by atoms with Gasteiger partial charge >= 0.3 is 0 Å². The molecule has 0 bridgehead atoms. The topological polar surface area (TPSA) is 36.5 Å². The van der Waals surface area contributed by atoms with Gasteiger partial charge in [0.15, 0.2) is 0 Å². The van der Waals surface area contributed by atoms with Crippen LogP contribution in [0.3, 0.4) is 0 Å². The van der Waals surface area contributed by atoms with E-state index in [1.54, 1.807) is 0 Å². The van der Waals surface area contributed by atoms with Gasteiger partial charge in [0.1, 0.15) is 0 Å². The van der Waals surface area contributed by atoms with Crippen molar-refractivity contribution in [3.05, 3.63) is 35.4 Å². The molecule has 4 heteroatoms. The van der Waals surface area contributed by atoms with Gasteiger partial charge in [-0.2, -0.15) is 0 Å². The van der Waals surface area contributed by atoms with Gasteiger partial charge < -0.3 is 15.3 Å². The largest absolute Gasteiger partial charge is 0.870 e. The second-order valence-corrected chi connectivity index (χ2v) is 4.18. The van der Waals surface area contributed by atoms with Crippen LogP contribution in [0.25, 0.3) is 0 Å². The fraction of sp³-hybridized carbons (Fsp3) is 0.500. The molecule has 0 saturated carbocycles. The molecular formula is C12H22N2OSb-. The third-order valence-electron chi connectivity index (χ3n) is 1.89. The summed E-state index contributed by atoms with van der Waals surface area (Å²) in [6.07, 6.45) is 0. The van der Waals surface area contributed by atoms with Crippen LogP contribution < -0.4 is 0 Å². The average molecular weight is 332 g/mol. The predicted octanol–water partition coefficient (Wildman–Crippen LogP) is 1.30. The van der Waals surface area contributed by atoms with Gasteiger partial charge in [-0.3, -0.25) is 0 Å². The molecule has 0 spiro atoms. The summed E-state index contributed by atoms with van der Waals surface area (Å²) in [6, 6.07) is 9.78. The fourth-order valence-electron chi connectivity index (χ4n) is 1.44.